The van der Waals surface area contributed by atoms with E-state index in [-0.39, 0.29) is 6.61 Å². The Kier molecular flexibility index (Phi) is 9.60. The maximum atomic E-state index is 11.2. The number of aliphatic hydroxyl groups is 2. The Morgan fingerprint density at radius 1 is 0.895 bits per heavy atom. The number of β-amino-alcohol motifs (C(OH)–C–C–N with tert-alkyl or cyclic N) is 1. The van der Waals surface area contributed by atoms with Crippen LogP contribution in [0.3, 0.4) is 0 Å². The molecule has 0 aliphatic carbocycles. The minimum Gasteiger partial charge on any atom is -0.492 e. The molecule has 202 valence electrons. The minimum atomic E-state index is -0.588. The molecule has 1 saturated heterocycles. The molecule has 0 amide bonds. The van der Waals surface area contributed by atoms with Crippen LogP contribution in [0.4, 0.5) is 11.4 Å². The highest BCUT2D eigenvalue weighted by Crippen LogP contribution is 2.47. The third-order valence-electron chi connectivity index (χ3n) is 7.24. The maximum absolute atomic E-state index is 11.2. The molecule has 0 bridgehead atoms. The van der Waals surface area contributed by atoms with Crippen LogP contribution in [-0.2, 0) is 6.54 Å². The summed E-state index contributed by atoms with van der Waals surface area (Å²) in [5.41, 5.74) is 3.36. The summed E-state index contributed by atoms with van der Waals surface area (Å²) in [6.45, 7) is 6.15. The van der Waals surface area contributed by atoms with Crippen LogP contribution in [0.1, 0.15) is 24.8 Å². The summed E-state index contributed by atoms with van der Waals surface area (Å²) in [5.74, 6) is 0.878. The molecule has 2 heterocycles. The van der Waals surface area contributed by atoms with Crippen molar-refractivity contribution in [1.82, 2.24) is 9.80 Å². The molecule has 3 aromatic rings. The van der Waals surface area contributed by atoms with Gasteiger partial charge in [0.05, 0.1) is 30.6 Å². The van der Waals surface area contributed by atoms with E-state index in [4.69, 9.17) is 4.74 Å². The molecule has 1 atom stereocenters. The van der Waals surface area contributed by atoms with Crippen LogP contribution in [0.2, 0.25) is 0 Å². The Hall–Kier alpha value is -2.55. The van der Waals surface area contributed by atoms with Gasteiger partial charge < -0.3 is 19.8 Å². The summed E-state index contributed by atoms with van der Waals surface area (Å²) >= 11 is 1.77. The average molecular weight is 534 g/mol. The molecule has 5 rings (SSSR count). The van der Waals surface area contributed by atoms with E-state index in [1.54, 1.807) is 11.8 Å². The van der Waals surface area contributed by atoms with E-state index >= 15 is 0 Å². The second kappa shape index (κ2) is 13.5. The quantitative estimate of drug-likeness (QED) is 0.339. The molecule has 3 aromatic carbocycles. The van der Waals surface area contributed by atoms with Gasteiger partial charge in [0, 0.05) is 36.0 Å². The van der Waals surface area contributed by atoms with Crippen molar-refractivity contribution in [3.8, 4) is 5.75 Å². The Morgan fingerprint density at radius 3 is 2.32 bits per heavy atom. The zero-order valence-electron chi connectivity index (χ0n) is 22.0. The summed E-state index contributed by atoms with van der Waals surface area (Å²) < 4.78 is 6.07. The fourth-order valence-corrected chi connectivity index (χ4v) is 6.48. The monoisotopic (exact) mass is 533 g/mol. The molecule has 2 aliphatic heterocycles. The van der Waals surface area contributed by atoms with Gasteiger partial charge in [-0.15, -0.1) is 0 Å². The van der Waals surface area contributed by atoms with Crippen LogP contribution in [0, 0.1) is 0 Å². The number of ether oxygens (including phenoxy) is 1. The molecule has 2 aliphatic rings. The Morgan fingerprint density at radius 2 is 1.61 bits per heavy atom. The zero-order chi connectivity index (χ0) is 26.2. The first-order valence-electron chi connectivity index (χ1n) is 13.8. The number of para-hydroxylation sites is 2. The van der Waals surface area contributed by atoms with Crippen molar-refractivity contribution in [2.24, 2.45) is 0 Å². The summed E-state index contributed by atoms with van der Waals surface area (Å²) in [6, 6.07) is 24.9. The van der Waals surface area contributed by atoms with Crippen molar-refractivity contribution in [2.75, 3.05) is 57.4 Å². The van der Waals surface area contributed by atoms with Gasteiger partial charge in [0.25, 0.3) is 0 Å². The fourth-order valence-electron chi connectivity index (χ4n) is 5.39. The number of hydrogen-bond acceptors (Lipinski definition) is 7. The number of aliphatic hydroxyl groups excluding tert-OH is 2. The number of benzene rings is 3. The topological polar surface area (TPSA) is 59.4 Å². The first kappa shape index (κ1) is 27.0. The van der Waals surface area contributed by atoms with Crippen LogP contribution in [0.5, 0.6) is 5.75 Å². The first-order chi connectivity index (χ1) is 18.7. The van der Waals surface area contributed by atoms with Gasteiger partial charge >= 0.3 is 0 Å². The van der Waals surface area contributed by atoms with E-state index in [2.05, 4.69) is 63.2 Å². The van der Waals surface area contributed by atoms with Crippen LogP contribution in [0.25, 0.3) is 0 Å². The number of likely N-dealkylation sites (tertiary alicyclic amines) is 1. The van der Waals surface area contributed by atoms with Crippen molar-refractivity contribution < 1.29 is 14.9 Å². The lowest BCUT2D eigenvalue weighted by Gasteiger charge is -2.35. The molecule has 1 fully saturated rings. The SMILES string of the molecule is OCCN(Cc1cccc(OCCN2CCCCC2)c1)C[C@H](O)CN1c2ccccc2Sc2ccccc21. The highest BCUT2D eigenvalue weighted by Gasteiger charge is 2.25. The van der Waals surface area contributed by atoms with Crippen LogP contribution in [-0.4, -0.2) is 78.6 Å². The zero-order valence-corrected chi connectivity index (χ0v) is 22.9. The van der Waals surface area contributed by atoms with Gasteiger partial charge in [0.1, 0.15) is 12.4 Å². The number of rotatable bonds is 12. The normalized spacial score (nSPS) is 16.2. The number of anilines is 2. The minimum absolute atomic E-state index is 0.0464. The van der Waals surface area contributed by atoms with Gasteiger partial charge in [-0.25, -0.2) is 0 Å². The Balaban J connectivity index is 1.20. The van der Waals surface area contributed by atoms with Gasteiger partial charge in [-0.05, 0) is 67.9 Å². The molecule has 6 nitrogen and oxygen atoms in total. The van der Waals surface area contributed by atoms with Gasteiger partial charge in [-0.1, -0.05) is 54.6 Å². The van der Waals surface area contributed by atoms with Crippen molar-refractivity contribution in [3.63, 3.8) is 0 Å². The molecule has 0 saturated carbocycles. The maximum Gasteiger partial charge on any atom is 0.119 e. The molecular weight excluding hydrogens is 494 g/mol. The van der Waals surface area contributed by atoms with E-state index < -0.39 is 6.10 Å². The highest BCUT2D eigenvalue weighted by molar-refractivity contribution is 7.99. The first-order valence-corrected chi connectivity index (χ1v) is 14.6. The molecule has 0 spiro atoms. The Labute approximate surface area is 230 Å². The summed E-state index contributed by atoms with van der Waals surface area (Å²) in [7, 11) is 0. The summed E-state index contributed by atoms with van der Waals surface area (Å²) in [6.07, 6.45) is 3.33. The molecule has 0 radical (unpaired) electrons. The second-order valence-electron chi connectivity index (χ2n) is 10.2. The highest BCUT2D eigenvalue weighted by atomic mass is 32.2. The van der Waals surface area contributed by atoms with E-state index in [0.29, 0.717) is 32.8 Å². The standard InChI is InChI=1S/C31H39N3O3S/c35-19-17-33(22-25-9-8-10-27(21-25)37-20-18-32-15-6-1-7-16-32)23-26(36)24-34-28-11-2-4-13-30(28)38-31-14-5-3-12-29(31)34/h2-5,8-14,21,26,35-36H,1,6-7,15-20,22-24H2/t26-/m0/s1. The number of hydrogen-bond donors (Lipinski definition) is 2. The lowest BCUT2D eigenvalue weighted by atomic mass is 10.1. The number of piperidine rings is 1. The van der Waals surface area contributed by atoms with E-state index in [1.807, 2.05) is 24.3 Å². The molecule has 7 heteroatoms. The predicted molar refractivity (Wildman–Crippen MR) is 155 cm³/mol. The molecule has 2 N–H and O–H groups in total. The molecule has 38 heavy (non-hydrogen) atoms. The smallest absolute Gasteiger partial charge is 0.119 e. The van der Waals surface area contributed by atoms with Crippen LogP contribution < -0.4 is 9.64 Å². The predicted octanol–water partition coefficient (Wildman–Crippen LogP) is 5.01. The fraction of sp³-hybridized carbons (Fsp3) is 0.419. The third kappa shape index (κ3) is 7.10. The molecule has 0 aromatic heterocycles. The van der Waals surface area contributed by atoms with Crippen molar-refractivity contribution >= 4 is 23.1 Å². The van der Waals surface area contributed by atoms with Crippen LogP contribution in [0.15, 0.2) is 82.6 Å². The van der Waals surface area contributed by atoms with Crippen molar-refractivity contribution in [1.29, 1.82) is 0 Å². The molecule has 0 unspecified atom stereocenters. The Bertz CT molecular complexity index is 1120. The second-order valence-corrected chi connectivity index (χ2v) is 11.2. The van der Waals surface area contributed by atoms with Gasteiger partial charge in [0.2, 0.25) is 0 Å². The summed E-state index contributed by atoms with van der Waals surface area (Å²) in [5, 5.41) is 21.0. The van der Waals surface area contributed by atoms with E-state index in [9.17, 15) is 10.2 Å². The number of fused-ring (bicyclic) bond motifs is 2. The lowest BCUT2D eigenvalue weighted by molar-refractivity contribution is 0.100. The van der Waals surface area contributed by atoms with E-state index in [1.165, 1.54) is 42.1 Å². The largest absolute Gasteiger partial charge is 0.492 e. The third-order valence-corrected chi connectivity index (χ3v) is 8.37. The van der Waals surface area contributed by atoms with Crippen molar-refractivity contribution in [2.45, 2.75) is 41.7 Å². The van der Waals surface area contributed by atoms with Crippen molar-refractivity contribution in [3.05, 3.63) is 78.4 Å². The van der Waals surface area contributed by atoms with E-state index in [0.717, 1.165) is 29.2 Å². The summed E-state index contributed by atoms with van der Waals surface area (Å²) in [4.78, 5) is 9.22. The lowest BCUT2D eigenvalue weighted by Crippen LogP contribution is -2.40. The van der Waals surface area contributed by atoms with Crippen LogP contribution >= 0.6 is 11.8 Å². The van der Waals surface area contributed by atoms with Gasteiger partial charge in [-0.2, -0.15) is 0 Å². The number of nitrogens with zero attached hydrogens (tertiary/aromatic N) is 3. The average Bonchev–Trinajstić information content (AvgIpc) is 2.94. The van der Waals surface area contributed by atoms with Gasteiger partial charge in [0.15, 0.2) is 0 Å². The molecular formula is C31H39N3O3S. The van der Waals surface area contributed by atoms with Gasteiger partial charge in [-0.3, -0.25) is 9.80 Å².